The first kappa shape index (κ1) is 19.1. The molecule has 0 unspecified atom stereocenters. The second-order valence-corrected chi connectivity index (χ2v) is 6.07. The van der Waals surface area contributed by atoms with E-state index in [9.17, 15) is 22.8 Å². The molecule has 0 saturated heterocycles. The highest BCUT2D eigenvalue weighted by Gasteiger charge is 2.36. The second-order valence-electron chi connectivity index (χ2n) is 6.07. The molecule has 8 heteroatoms. The van der Waals surface area contributed by atoms with Crippen LogP contribution in [0.3, 0.4) is 0 Å². The van der Waals surface area contributed by atoms with E-state index in [0.29, 0.717) is 0 Å². The quantitative estimate of drug-likeness (QED) is 0.893. The summed E-state index contributed by atoms with van der Waals surface area (Å²) in [4.78, 5) is 25.8. The molecule has 0 aromatic heterocycles. The molecule has 138 valence electrons. The van der Waals surface area contributed by atoms with Gasteiger partial charge in [0.25, 0.3) is 5.91 Å². The van der Waals surface area contributed by atoms with E-state index < -0.39 is 29.2 Å². The number of alkyl halides is 3. The van der Waals surface area contributed by atoms with Gasteiger partial charge in [0.2, 0.25) is 0 Å². The largest absolute Gasteiger partial charge is 0.497 e. The fourth-order valence-corrected chi connectivity index (χ4v) is 2.97. The molecule has 3 amide bonds. The third kappa shape index (κ3) is 4.64. The lowest BCUT2D eigenvalue weighted by Gasteiger charge is -2.31. The van der Waals surface area contributed by atoms with Crippen LogP contribution < -0.4 is 10.1 Å². The van der Waals surface area contributed by atoms with E-state index in [4.69, 9.17) is 4.74 Å². The lowest BCUT2D eigenvalue weighted by Crippen LogP contribution is -2.46. The zero-order chi connectivity index (χ0) is 18.6. The molecule has 0 radical (unpaired) electrons. The van der Waals surface area contributed by atoms with Crippen molar-refractivity contribution in [1.82, 2.24) is 10.2 Å². The van der Waals surface area contributed by atoms with Crippen LogP contribution in [0.5, 0.6) is 5.75 Å². The third-order valence-corrected chi connectivity index (χ3v) is 4.44. The van der Waals surface area contributed by atoms with Crippen molar-refractivity contribution in [2.24, 2.45) is 0 Å². The topological polar surface area (TPSA) is 58.6 Å². The number of rotatable bonds is 3. The van der Waals surface area contributed by atoms with Crippen molar-refractivity contribution in [1.29, 1.82) is 0 Å². The van der Waals surface area contributed by atoms with Crippen LogP contribution in [0.2, 0.25) is 0 Å². The summed E-state index contributed by atoms with van der Waals surface area (Å²) in [6.45, 7) is 0. The fourth-order valence-electron chi connectivity index (χ4n) is 2.97. The van der Waals surface area contributed by atoms with Crippen molar-refractivity contribution in [3.63, 3.8) is 0 Å². The predicted molar refractivity (Wildman–Crippen MR) is 85.5 cm³/mol. The fraction of sp³-hybridized carbons (Fsp3) is 0.529. The number of carbonyl (C=O) groups is 2. The number of benzene rings is 1. The Morgan fingerprint density at radius 3 is 2.40 bits per heavy atom. The average molecular weight is 358 g/mol. The molecule has 1 aromatic rings. The number of imide groups is 1. The first-order valence-electron chi connectivity index (χ1n) is 8.07. The molecule has 0 heterocycles. The Labute approximate surface area is 144 Å². The van der Waals surface area contributed by atoms with E-state index in [1.807, 2.05) is 0 Å². The summed E-state index contributed by atoms with van der Waals surface area (Å²) in [6, 6.07) is 2.30. The van der Waals surface area contributed by atoms with Crippen LogP contribution in [0.15, 0.2) is 18.2 Å². The molecule has 1 fully saturated rings. The molecule has 1 N–H and O–H groups in total. The van der Waals surface area contributed by atoms with Gasteiger partial charge in [0.1, 0.15) is 5.75 Å². The van der Waals surface area contributed by atoms with Crippen molar-refractivity contribution in [3.05, 3.63) is 29.3 Å². The van der Waals surface area contributed by atoms with Gasteiger partial charge in [0, 0.05) is 13.1 Å². The van der Waals surface area contributed by atoms with Crippen LogP contribution in [0.25, 0.3) is 0 Å². The van der Waals surface area contributed by atoms with Gasteiger partial charge in [-0.25, -0.2) is 4.79 Å². The monoisotopic (exact) mass is 358 g/mol. The molecule has 5 nitrogen and oxygen atoms in total. The van der Waals surface area contributed by atoms with Gasteiger partial charge in [-0.3, -0.25) is 10.1 Å². The SMILES string of the molecule is COc1ccc(C(=O)NC(=O)N(C)C2CCCCC2)c(C(F)(F)F)c1. The zero-order valence-corrected chi connectivity index (χ0v) is 14.2. The van der Waals surface area contributed by atoms with Crippen LogP contribution in [-0.2, 0) is 6.18 Å². The number of ether oxygens (including phenoxy) is 1. The van der Waals surface area contributed by atoms with E-state index in [-0.39, 0.29) is 11.8 Å². The van der Waals surface area contributed by atoms with E-state index in [0.717, 1.165) is 44.2 Å². The first-order valence-corrected chi connectivity index (χ1v) is 8.07. The predicted octanol–water partition coefficient (Wildman–Crippen LogP) is 3.83. The van der Waals surface area contributed by atoms with Crippen molar-refractivity contribution < 1.29 is 27.5 Å². The smallest absolute Gasteiger partial charge is 0.417 e. The van der Waals surface area contributed by atoms with Gasteiger partial charge in [-0.1, -0.05) is 19.3 Å². The summed E-state index contributed by atoms with van der Waals surface area (Å²) in [5, 5.41) is 2.05. The number of methoxy groups -OCH3 is 1. The summed E-state index contributed by atoms with van der Waals surface area (Å²) in [5.74, 6) is -1.10. The molecular weight excluding hydrogens is 337 g/mol. The summed E-state index contributed by atoms with van der Waals surface area (Å²) in [5.41, 5.74) is -1.75. The van der Waals surface area contributed by atoms with Crippen LogP contribution in [0.4, 0.5) is 18.0 Å². The Bertz CT molecular complexity index is 641. The summed E-state index contributed by atoms with van der Waals surface area (Å²) < 4.78 is 44.3. The number of nitrogens with zero attached hydrogens (tertiary/aromatic N) is 1. The molecule has 2 rings (SSSR count). The van der Waals surface area contributed by atoms with Crippen molar-refractivity contribution >= 4 is 11.9 Å². The van der Waals surface area contributed by atoms with E-state index >= 15 is 0 Å². The van der Waals surface area contributed by atoms with Crippen molar-refractivity contribution in [2.45, 2.75) is 44.3 Å². The van der Waals surface area contributed by atoms with Gasteiger partial charge in [-0.2, -0.15) is 13.2 Å². The van der Waals surface area contributed by atoms with Gasteiger partial charge >= 0.3 is 12.2 Å². The maximum absolute atomic E-state index is 13.2. The summed E-state index contributed by atoms with van der Waals surface area (Å²) in [6.07, 6.45) is 0.00791. The van der Waals surface area contributed by atoms with Gasteiger partial charge in [-0.15, -0.1) is 0 Å². The lowest BCUT2D eigenvalue weighted by molar-refractivity contribution is -0.138. The van der Waals surface area contributed by atoms with Gasteiger partial charge in [0.05, 0.1) is 18.2 Å². The molecule has 1 aromatic carbocycles. The Balaban J connectivity index is 2.15. The Morgan fingerprint density at radius 1 is 1.20 bits per heavy atom. The molecule has 0 bridgehead atoms. The molecule has 0 atom stereocenters. The third-order valence-electron chi connectivity index (χ3n) is 4.44. The molecule has 1 saturated carbocycles. The number of hydrogen-bond donors (Lipinski definition) is 1. The molecule has 1 aliphatic carbocycles. The second kappa shape index (κ2) is 7.76. The number of hydrogen-bond acceptors (Lipinski definition) is 3. The number of nitrogens with one attached hydrogen (secondary N) is 1. The summed E-state index contributed by atoms with van der Waals surface area (Å²) in [7, 11) is 2.79. The van der Waals surface area contributed by atoms with Crippen LogP contribution >= 0.6 is 0 Å². The zero-order valence-electron chi connectivity index (χ0n) is 14.2. The highest BCUT2D eigenvalue weighted by Crippen LogP contribution is 2.34. The van der Waals surface area contributed by atoms with Crippen LogP contribution in [0.1, 0.15) is 48.0 Å². The van der Waals surface area contributed by atoms with Gasteiger partial charge in [-0.05, 0) is 31.0 Å². The number of amides is 3. The maximum Gasteiger partial charge on any atom is 0.417 e. The minimum atomic E-state index is -4.74. The maximum atomic E-state index is 13.2. The normalized spacial score (nSPS) is 15.6. The minimum absolute atomic E-state index is 0.000459. The Kier molecular flexibility index (Phi) is 5.92. The van der Waals surface area contributed by atoms with Crippen molar-refractivity contribution in [3.8, 4) is 5.75 Å². The standard InChI is InChI=1S/C17H21F3N2O3/c1-22(11-6-4-3-5-7-11)16(24)21-15(23)13-9-8-12(25-2)10-14(13)17(18,19)20/h8-11H,3-7H2,1-2H3,(H,21,23,24). The highest BCUT2D eigenvalue weighted by molar-refractivity contribution is 6.05. The molecule has 0 aliphatic heterocycles. The van der Waals surface area contributed by atoms with Gasteiger partial charge < -0.3 is 9.64 Å². The number of urea groups is 1. The first-order chi connectivity index (χ1) is 11.7. The minimum Gasteiger partial charge on any atom is -0.497 e. The van der Waals surface area contributed by atoms with Crippen LogP contribution in [0, 0.1) is 0 Å². The molecule has 25 heavy (non-hydrogen) atoms. The van der Waals surface area contributed by atoms with Gasteiger partial charge in [0.15, 0.2) is 0 Å². The average Bonchev–Trinajstić information content (AvgIpc) is 2.60. The van der Waals surface area contributed by atoms with E-state index in [1.165, 1.54) is 18.1 Å². The lowest BCUT2D eigenvalue weighted by atomic mass is 9.95. The Morgan fingerprint density at radius 2 is 1.84 bits per heavy atom. The van der Waals surface area contributed by atoms with Crippen LogP contribution in [-0.4, -0.2) is 37.0 Å². The Hall–Kier alpha value is -2.25. The number of halogens is 3. The number of carbonyl (C=O) groups excluding carboxylic acids is 2. The van der Waals surface area contributed by atoms with E-state index in [2.05, 4.69) is 5.32 Å². The highest BCUT2D eigenvalue weighted by atomic mass is 19.4. The van der Waals surface area contributed by atoms with Crippen molar-refractivity contribution in [2.75, 3.05) is 14.2 Å². The molecule has 0 spiro atoms. The summed E-state index contributed by atoms with van der Waals surface area (Å²) >= 11 is 0. The van der Waals surface area contributed by atoms with E-state index in [1.54, 1.807) is 7.05 Å². The molecular formula is C17H21F3N2O3. The molecule has 1 aliphatic rings.